The summed E-state index contributed by atoms with van der Waals surface area (Å²) in [7, 11) is 0. The van der Waals surface area contributed by atoms with E-state index in [0.29, 0.717) is 6.54 Å². The minimum Gasteiger partial charge on any atom is -0.285 e. The van der Waals surface area contributed by atoms with Crippen molar-refractivity contribution in [2.45, 2.75) is 24.8 Å². The molecule has 0 bridgehead atoms. The molecule has 0 aliphatic heterocycles. The maximum Gasteiger partial charge on any atom is 0.133 e. The quantitative estimate of drug-likeness (QED) is 0.757. The van der Waals surface area contributed by atoms with Crippen LogP contribution in [-0.4, -0.2) is 6.54 Å². The van der Waals surface area contributed by atoms with E-state index >= 15 is 0 Å². The molecule has 1 N–H and O–H groups in total. The van der Waals surface area contributed by atoms with Gasteiger partial charge >= 0.3 is 0 Å². The molecule has 0 saturated heterocycles. The third-order valence-electron chi connectivity index (χ3n) is 3.16. The zero-order valence-corrected chi connectivity index (χ0v) is 9.16. The highest BCUT2D eigenvalue weighted by atomic mass is 15.0. The molecule has 0 saturated carbocycles. The Kier molecular flexibility index (Phi) is 2.95. The Morgan fingerprint density at radius 2 is 2.25 bits per heavy atom. The van der Waals surface area contributed by atoms with Crippen molar-refractivity contribution in [1.29, 1.82) is 5.26 Å². The molecule has 2 heteroatoms. The van der Waals surface area contributed by atoms with E-state index in [4.69, 9.17) is 6.42 Å². The van der Waals surface area contributed by atoms with Gasteiger partial charge in [-0.2, -0.15) is 5.26 Å². The molecule has 1 unspecified atom stereocenters. The van der Waals surface area contributed by atoms with Crippen LogP contribution in [0.1, 0.15) is 24.0 Å². The van der Waals surface area contributed by atoms with E-state index in [-0.39, 0.29) is 0 Å². The fourth-order valence-electron chi connectivity index (χ4n) is 2.37. The van der Waals surface area contributed by atoms with E-state index in [2.05, 4.69) is 23.4 Å². The minimum absolute atomic E-state index is 0.432. The Balaban J connectivity index is 2.43. The molecule has 16 heavy (non-hydrogen) atoms. The van der Waals surface area contributed by atoms with Crippen molar-refractivity contribution in [3.05, 3.63) is 35.4 Å². The molecular weight excluding hydrogens is 196 g/mol. The largest absolute Gasteiger partial charge is 0.285 e. The van der Waals surface area contributed by atoms with Crippen LogP contribution in [0.5, 0.6) is 0 Å². The second-order valence-corrected chi connectivity index (χ2v) is 4.09. The number of benzene rings is 1. The number of rotatable bonds is 2. The number of nitrogens with one attached hydrogen (secondary N) is 1. The molecule has 1 atom stereocenters. The zero-order chi connectivity index (χ0) is 11.4. The molecule has 0 amide bonds. The van der Waals surface area contributed by atoms with Gasteiger partial charge in [0.2, 0.25) is 0 Å². The van der Waals surface area contributed by atoms with E-state index in [1.165, 1.54) is 5.56 Å². The lowest BCUT2D eigenvalue weighted by molar-refractivity contribution is 0.384. The van der Waals surface area contributed by atoms with Gasteiger partial charge < -0.3 is 0 Å². The smallest absolute Gasteiger partial charge is 0.133 e. The van der Waals surface area contributed by atoms with Crippen LogP contribution in [0.25, 0.3) is 0 Å². The maximum absolute atomic E-state index is 9.43. The minimum atomic E-state index is -0.582. The molecule has 1 aliphatic rings. The van der Waals surface area contributed by atoms with Gasteiger partial charge in [0.15, 0.2) is 0 Å². The van der Waals surface area contributed by atoms with Gasteiger partial charge in [-0.15, -0.1) is 6.42 Å². The second kappa shape index (κ2) is 4.39. The molecule has 0 aromatic heterocycles. The van der Waals surface area contributed by atoms with Crippen molar-refractivity contribution in [2.75, 3.05) is 6.54 Å². The highest BCUT2D eigenvalue weighted by Crippen LogP contribution is 2.34. The number of nitriles is 1. The number of nitrogens with zero attached hydrogens (tertiary/aromatic N) is 1. The Labute approximate surface area is 96.3 Å². The van der Waals surface area contributed by atoms with E-state index in [1.54, 1.807) is 0 Å². The standard InChI is InChI=1S/C14H14N2/c1-2-10-16-14(11-15)9-5-7-12-6-3-4-8-13(12)14/h1,3-4,6,8,16H,5,7,9-10H2. The van der Waals surface area contributed by atoms with Gasteiger partial charge in [-0.05, 0) is 30.4 Å². The van der Waals surface area contributed by atoms with Crippen LogP contribution < -0.4 is 5.32 Å². The fourth-order valence-corrected chi connectivity index (χ4v) is 2.37. The van der Waals surface area contributed by atoms with Gasteiger partial charge in [0.25, 0.3) is 0 Å². The summed E-state index contributed by atoms with van der Waals surface area (Å²) >= 11 is 0. The van der Waals surface area contributed by atoms with Crippen molar-refractivity contribution in [3.63, 3.8) is 0 Å². The fraction of sp³-hybridized carbons (Fsp3) is 0.357. The monoisotopic (exact) mass is 210 g/mol. The van der Waals surface area contributed by atoms with Crippen molar-refractivity contribution >= 4 is 0 Å². The summed E-state index contributed by atoms with van der Waals surface area (Å²) in [5, 5.41) is 12.6. The van der Waals surface area contributed by atoms with Gasteiger partial charge in [-0.3, -0.25) is 5.32 Å². The molecule has 0 spiro atoms. The summed E-state index contributed by atoms with van der Waals surface area (Å²) < 4.78 is 0. The van der Waals surface area contributed by atoms with Crippen LogP contribution in [0.3, 0.4) is 0 Å². The molecule has 0 heterocycles. The first kappa shape index (κ1) is 10.7. The SMILES string of the molecule is C#CCNC1(C#N)CCCc2ccccc21. The van der Waals surface area contributed by atoms with Crippen molar-refractivity contribution in [3.8, 4) is 18.4 Å². The highest BCUT2D eigenvalue weighted by molar-refractivity contribution is 5.40. The predicted molar refractivity (Wildman–Crippen MR) is 63.5 cm³/mol. The molecular formula is C14H14N2. The average Bonchev–Trinajstić information content (AvgIpc) is 2.36. The third-order valence-corrected chi connectivity index (χ3v) is 3.16. The van der Waals surface area contributed by atoms with Crippen LogP contribution in [0.2, 0.25) is 0 Å². The van der Waals surface area contributed by atoms with Crippen LogP contribution >= 0.6 is 0 Å². The number of aryl methyl sites for hydroxylation is 1. The van der Waals surface area contributed by atoms with Gasteiger partial charge in [0.05, 0.1) is 12.6 Å². The molecule has 0 radical (unpaired) electrons. The molecule has 2 nitrogen and oxygen atoms in total. The molecule has 80 valence electrons. The normalized spacial score (nSPS) is 22.9. The predicted octanol–water partition coefficient (Wildman–Crippen LogP) is 1.96. The Bertz CT molecular complexity index is 464. The Morgan fingerprint density at radius 3 is 3.00 bits per heavy atom. The van der Waals surface area contributed by atoms with Crippen molar-refractivity contribution in [2.24, 2.45) is 0 Å². The van der Waals surface area contributed by atoms with Gasteiger partial charge in [0, 0.05) is 0 Å². The number of hydrogen-bond acceptors (Lipinski definition) is 2. The summed E-state index contributed by atoms with van der Waals surface area (Å²) in [5.74, 6) is 2.54. The number of fused-ring (bicyclic) bond motifs is 1. The Morgan fingerprint density at radius 1 is 1.44 bits per heavy atom. The zero-order valence-electron chi connectivity index (χ0n) is 9.16. The molecule has 0 fully saturated rings. The first-order chi connectivity index (χ1) is 7.82. The molecule has 1 aromatic carbocycles. The second-order valence-electron chi connectivity index (χ2n) is 4.09. The van der Waals surface area contributed by atoms with E-state index in [0.717, 1.165) is 24.8 Å². The molecule has 2 rings (SSSR count). The summed E-state index contributed by atoms with van der Waals surface area (Å²) in [5.41, 5.74) is 1.78. The first-order valence-electron chi connectivity index (χ1n) is 5.50. The van der Waals surface area contributed by atoms with Crippen LogP contribution in [0, 0.1) is 23.7 Å². The van der Waals surface area contributed by atoms with Crippen LogP contribution in [-0.2, 0) is 12.0 Å². The van der Waals surface area contributed by atoms with Gasteiger partial charge in [-0.25, -0.2) is 0 Å². The topological polar surface area (TPSA) is 35.8 Å². The van der Waals surface area contributed by atoms with E-state index in [1.807, 2.05) is 18.2 Å². The number of hydrogen-bond donors (Lipinski definition) is 1. The summed E-state index contributed by atoms with van der Waals surface area (Å²) in [6, 6.07) is 10.5. The average molecular weight is 210 g/mol. The number of terminal acetylenes is 1. The molecule has 1 aliphatic carbocycles. The van der Waals surface area contributed by atoms with E-state index < -0.39 is 5.54 Å². The summed E-state index contributed by atoms with van der Waals surface area (Å²) in [6.07, 6.45) is 8.18. The lowest BCUT2D eigenvalue weighted by atomic mass is 9.77. The van der Waals surface area contributed by atoms with Crippen molar-refractivity contribution < 1.29 is 0 Å². The van der Waals surface area contributed by atoms with Gasteiger partial charge in [-0.1, -0.05) is 30.2 Å². The lowest BCUT2D eigenvalue weighted by Crippen LogP contribution is -2.43. The molecule has 1 aromatic rings. The summed E-state index contributed by atoms with van der Waals surface area (Å²) in [6.45, 7) is 0.432. The highest BCUT2D eigenvalue weighted by Gasteiger charge is 2.35. The summed E-state index contributed by atoms with van der Waals surface area (Å²) in [4.78, 5) is 0. The van der Waals surface area contributed by atoms with Gasteiger partial charge in [0.1, 0.15) is 5.54 Å². The van der Waals surface area contributed by atoms with Crippen molar-refractivity contribution in [1.82, 2.24) is 5.32 Å². The first-order valence-corrected chi connectivity index (χ1v) is 5.50. The third kappa shape index (κ3) is 1.69. The lowest BCUT2D eigenvalue weighted by Gasteiger charge is -2.33. The Hall–Kier alpha value is -1.77. The van der Waals surface area contributed by atoms with Crippen LogP contribution in [0.4, 0.5) is 0 Å². The van der Waals surface area contributed by atoms with E-state index in [9.17, 15) is 5.26 Å². The van der Waals surface area contributed by atoms with Crippen LogP contribution in [0.15, 0.2) is 24.3 Å². The maximum atomic E-state index is 9.43.